The number of piperidine rings is 1. The summed E-state index contributed by atoms with van der Waals surface area (Å²) in [6.07, 6.45) is 8.06. The predicted octanol–water partition coefficient (Wildman–Crippen LogP) is 2.01. The van der Waals surface area contributed by atoms with Gasteiger partial charge in [0.1, 0.15) is 0 Å². The normalized spacial score (nSPS) is 18.6. The first-order chi connectivity index (χ1) is 7.25. The van der Waals surface area contributed by atoms with Gasteiger partial charge in [0.05, 0.1) is 6.20 Å². The van der Waals surface area contributed by atoms with Crippen molar-refractivity contribution in [2.75, 3.05) is 13.1 Å². The second-order valence-corrected chi connectivity index (χ2v) is 4.82. The summed E-state index contributed by atoms with van der Waals surface area (Å²) >= 11 is 0. The van der Waals surface area contributed by atoms with E-state index in [1.165, 1.54) is 37.9 Å². The molecule has 1 aromatic heterocycles. The van der Waals surface area contributed by atoms with Crippen LogP contribution in [0.5, 0.6) is 0 Å². The van der Waals surface area contributed by atoms with E-state index >= 15 is 0 Å². The molecule has 84 valence electrons. The Hall–Kier alpha value is -0.830. The topological polar surface area (TPSA) is 29.9 Å². The fraction of sp³-hybridized carbons (Fsp3) is 0.750. The standard InChI is InChI=1S/C12H21N3/c1-10(2)15-9-12(8-14-15)7-11-3-5-13-6-4-11/h8-11,13H,3-7H2,1-2H3. The van der Waals surface area contributed by atoms with Crippen LogP contribution in [0.25, 0.3) is 0 Å². The maximum absolute atomic E-state index is 4.38. The van der Waals surface area contributed by atoms with E-state index in [1.807, 2.05) is 6.20 Å². The second kappa shape index (κ2) is 4.79. The molecule has 2 heterocycles. The molecule has 1 aliphatic rings. The summed E-state index contributed by atoms with van der Waals surface area (Å²) in [5.41, 5.74) is 1.40. The third kappa shape index (κ3) is 2.81. The summed E-state index contributed by atoms with van der Waals surface area (Å²) in [6, 6.07) is 0.478. The van der Waals surface area contributed by atoms with Crippen LogP contribution >= 0.6 is 0 Å². The van der Waals surface area contributed by atoms with E-state index in [1.54, 1.807) is 0 Å². The summed E-state index contributed by atoms with van der Waals surface area (Å²) < 4.78 is 2.05. The van der Waals surface area contributed by atoms with E-state index in [4.69, 9.17) is 0 Å². The highest BCUT2D eigenvalue weighted by Gasteiger charge is 2.14. The first-order valence-electron chi connectivity index (χ1n) is 5.99. The average molecular weight is 207 g/mol. The van der Waals surface area contributed by atoms with Gasteiger partial charge in [-0.15, -0.1) is 0 Å². The lowest BCUT2D eigenvalue weighted by Crippen LogP contribution is -2.28. The highest BCUT2D eigenvalue weighted by Crippen LogP contribution is 2.18. The van der Waals surface area contributed by atoms with Crippen molar-refractivity contribution in [3.63, 3.8) is 0 Å². The Morgan fingerprint density at radius 2 is 2.20 bits per heavy atom. The van der Waals surface area contributed by atoms with Crippen molar-refractivity contribution in [2.45, 2.75) is 39.2 Å². The molecule has 0 amide bonds. The molecular formula is C12H21N3. The third-order valence-corrected chi connectivity index (χ3v) is 3.17. The zero-order valence-electron chi connectivity index (χ0n) is 9.74. The van der Waals surface area contributed by atoms with Crippen LogP contribution in [-0.2, 0) is 6.42 Å². The van der Waals surface area contributed by atoms with Crippen molar-refractivity contribution in [2.24, 2.45) is 5.92 Å². The minimum absolute atomic E-state index is 0.478. The van der Waals surface area contributed by atoms with Gasteiger partial charge in [-0.25, -0.2) is 0 Å². The first-order valence-corrected chi connectivity index (χ1v) is 5.99. The van der Waals surface area contributed by atoms with E-state index in [0.29, 0.717) is 6.04 Å². The van der Waals surface area contributed by atoms with Crippen molar-refractivity contribution < 1.29 is 0 Å². The highest BCUT2D eigenvalue weighted by molar-refractivity contribution is 5.05. The summed E-state index contributed by atoms with van der Waals surface area (Å²) in [6.45, 7) is 6.70. The van der Waals surface area contributed by atoms with Crippen LogP contribution in [0, 0.1) is 5.92 Å². The van der Waals surface area contributed by atoms with Crippen LogP contribution in [0.2, 0.25) is 0 Å². The van der Waals surface area contributed by atoms with Gasteiger partial charge in [-0.1, -0.05) is 0 Å². The van der Waals surface area contributed by atoms with Gasteiger partial charge in [-0.05, 0) is 57.7 Å². The van der Waals surface area contributed by atoms with Gasteiger partial charge in [-0.3, -0.25) is 4.68 Å². The number of rotatable bonds is 3. The molecule has 0 saturated carbocycles. The smallest absolute Gasteiger partial charge is 0.0521 e. The molecule has 1 aliphatic heterocycles. The zero-order valence-corrected chi connectivity index (χ0v) is 9.74. The number of aromatic nitrogens is 2. The fourth-order valence-electron chi connectivity index (χ4n) is 2.18. The van der Waals surface area contributed by atoms with E-state index in [9.17, 15) is 0 Å². The summed E-state index contributed by atoms with van der Waals surface area (Å²) in [7, 11) is 0. The fourth-order valence-corrected chi connectivity index (χ4v) is 2.18. The van der Waals surface area contributed by atoms with Crippen molar-refractivity contribution in [1.29, 1.82) is 0 Å². The van der Waals surface area contributed by atoms with Crippen molar-refractivity contribution in [3.8, 4) is 0 Å². The van der Waals surface area contributed by atoms with Gasteiger partial charge in [0.2, 0.25) is 0 Å². The minimum Gasteiger partial charge on any atom is -0.317 e. The summed E-state index contributed by atoms with van der Waals surface area (Å²) in [5, 5.41) is 7.79. The molecule has 1 saturated heterocycles. The first kappa shape index (κ1) is 10.7. The molecule has 1 fully saturated rings. The molecule has 1 N–H and O–H groups in total. The quantitative estimate of drug-likeness (QED) is 0.821. The van der Waals surface area contributed by atoms with Crippen LogP contribution in [0.4, 0.5) is 0 Å². The predicted molar refractivity (Wildman–Crippen MR) is 61.9 cm³/mol. The van der Waals surface area contributed by atoms with Gasteiger partial charge in [0.25, 0.3) is 0 Å². The lowest BCUT2D eigenvalue weighted by atomic mass is 9.92. The SMILES string of the molecule is CC(C)n1cc(CC2CCNCC2)cn1. The third-order valence-electron chi connectivity index (χ3n) is 3.17. The van der Waals surface area contributed by atoms with Gasteiger partial charge in [0.15, 0.2) is 0 Å². The van der Waals surface area contributed by atoms with Crippen molar-refractivity contribution in [1.82, 2.24) is 15.1 Å². The van der Waals surface area contributed by atoms with Crippen LogP contribution in [0.1, 0.15) is 38.3 Å². The zero-order chi connectivity index (χ0) is 10.7. The van der Waals surface area contributed by atoms with Gasteiger partial charge in [-0.2, -0.15) is 5.10 Å². The Morgan fingerprint density at radius 3 is 2.80 bits per heavy atom. The molecular weight excluding hydrogens is 186 g/mol. The lowest BCUT2D eigenvalue weighted by Gasteiger charge is -2.21. The molecule has 2 rings (SSSR count). The minimum atomic E-state index is 0.478. The van der Waals surface area contributed by atoms with E-state index in [-0.39, 0.29) is 0 Å². The van der Waals surface area contributed by atoms with Crippen molar-refractivity contribution >= 4 is 0 Å². The number of hydrogen-bond donors (Lipinski definition) is 1. The average Bonchev–Trinajstić information content (AvgIpc) is 2.68. The summed E-state index contributed by atoms with van der Waals surface area (Å²) in [5.74, 6) is 0.857. The van der Waals surface area contributed by atoms with Crippen LogP contribution in [0.15, 0.2) is 12.4 Å². The molecule has 0 bridgehead atoms. The molecule has 15 heavy (non-hydrogen) atoms. The maximum Gasteiger partial charge on any atom is 0.0521 e. The lowest BCUT2D eigenvalue weighted by molar-refractivity contribution is 0.372. The number of hydrogen-bond acceptors (Lipinski definition) is 2. The second-order valence-electron chi connectivity index (χ2n) is 4.82. The van der Waals surface area contributed by atoms with Gasteiger partial charge in [0, 0.05) is 12.2 Å². The maximum atomic E-state index is 4.38. The largest absolute Gasteiger partial charge is 0.317 e. The van der Waals surface area contributed by atoms with Gasteiger partial charge >= 0.3 is 0 Å². The Balaban J connectivity index is 1.91. The Labute approximate surface area is 91.9 Å². The highest BCUT2D eigenvalue weighted by atomic mass is 15.3. The molecule has 3 nitrogen and oxygen atoms in total. The molecule has 0 radical (unpaired) electrons. The van der Waals surface area contributed by atoms with Crippen molar-refractivity contribution in [3.05, 3.63) is 18.0 Å². The van der Waals surface area contributed by atoms with Crippen LogP contribution in [-0.4, -0.2) is 22.9 Å². The molecule has 1 aromatic rings. The van der Waals surface area contributed by atoms with E-state index in [2.05, 4.69) is 35.1 Å². The monoisotopic (exact) mass is 207 g/mol. The van der Waals surface area contributed by atoms with E-state index in [0.717, 1.165) is 5.92 Å². The van der Waals surface area contributed by atoms with Crippen LogP contribution < -0.4 is 5.32 Å². The molecule has 3 heteroatoms. The molecule has 0 unspecified atom stereocenters. The van der Waals surface area contributed by atoms with Gasteiger partial charge < -0.3 is 5.32 Å². The molecule has 0 atom stereocenters. The summed E-state index contributed by atoms with van der Waals surface area (Å²) in [4.78, 5) is 0. The molecule has 0 spiro atoms. The number of nitrogens with zero attached hydrogens (tertiary/aromatic N) is 2. The Kier molecular flexibility index (Phi) is 3.41. The van der Waals surface area contributed by atoms with Crippen LogP contribution in [0.3, 0.4) is 0 Å². The Bertz CT molecular complexity index is 298. The Morgan fingerprint density at radius 1 is 1.47 bits per heavy atom. The van der Waals surface area contributed by atoms with E-state index < -0.39 is 0 Å². The number of nitrogens with one attached hydrogen (secondary N) is 1. The molecule has 0 aliphatic carbocycles. The molecule has 0 aromatic carbocycles.